The molecule has 1 atom stereocenters. The number of benzene rings is 2. The summed E-state index contributed by atoms with van der Waals surface area (Å²) in [6.07, 6.45) is 0. The van der Waals surface area contributed by atoms with Gasteiger partial charge in [0.05, 0.1) is 15.7 Å². The van der Waals surface area contributed by atoms with Gasteiger partial charge in [-0.15, -0.1) is 0 Å². The number of phosphoric ester groups is 1. The minimum Gasteiger partial charge on any atom is -0.394 e. The van der Waals surface area contributed by atoms with E-state index in [-0.39, 0.29) is 17.2 Å². The van der Waals surface area contributed by atoms with E-state index in [2.05, 4.69) is 0 Å². The number of phosphoric acid groups is 1. The van der Waals surface area contributed by atoms with E-state index in [4.69, 9.17) is 9.05 Å². The fourth-order valence-corrected chi connectivity index (χ4v) is 2.74. The second kappa shape index (κ2) is 3.44. The summed E-state index contributed by atoms with van der Waals surface area (Å²) in [4.78, 5) is 19.7. The average Bonchev–Trinajstić information content (AvgIpc) is 2.27. The van der Waals surface area contributed by atoms with E-state index in [1.54, 1.807) is 0 Å². The summed E-state index contributed by atoms with van der Waals surface area (Å²) in [6, 6.07) is 7.02. The monoisotopic (exact) mass is 267 g/mol. The molecule has 8 heteroatoms. The van der Waals surface area contributed by atoms with Gasteiger partial charge in [0.1, 0.15) is 11.5 Å². The molecule has 0 aromatic heterocycles. The molecule has 3 rings (SSSR count). The lowest BCUT2D eigenvalue weighted by molar-refractivity contribution is -0.383. The van der Waals surface area contributed by atoms with Crippen LogP contribution in [0.2, 0.25) is 0 Å². The molecule has 7 nitrogen and oxygen atoms in total. The van der Waals surface area contributed by atoms with Crippen LogP contribution in [0, 0.1) is 10.1 Å². The zero-order valence-corrected chi connectivity index (χ0v) is 9.66. The lowest BCUT2D eigenvalue weighted by atomic mass is 10.1. The van der Waals surface area contributed by atoms with E-state index in [9.17, 15) is 19.6 Å². The predicted molar refractivity (Wildman–Crippen MR) is 61.7 cm³/mol. The van der Waals surface area contributed by atoms with Gasteiger partial charge in [0.15, 0.2) is 0 Å². The van der Waals surface area contributed by atoms with Crippen LogP contribution in [0.1, 0.15) is 0 Å². The molecular weight excluding hydrogens is 261 g/mol. The lowest BCUT2D eigenvalue weighted by Crippen LogP contribution is -2.06. The highest BCUT2D eigenvalue weighted by atomic mass is 31.2. The summed E-state index contributed by atoms with van der Waals surface area (Å²) >= 11 is 0. The molecule has 92 valence electrons. The fraction of sp³-hybridized carbons (Fsp3) is 0. The van der Waals surface area contributed by atoms with Gasteiger partial charge < -0.3 is 9.05 Å². The smallest absolute Gasteiger partial charge is 0.394 e. The zero-order valence-electron chi connectivity index (χ0n) is 8.77. The minimum absolute atomic E-state index is 0.100. The number of hydrogen-bond acceptors (Lipinski definition) is 5. The Kier molecular flexibility index (Phi) is 2.10. The Hall–Kier alpha value is -2.11. The highest BCUT2D eigenvalue weighted by molar-refractivity contribution is 7.48. The van der Waals surface area contributed by atoms with E-state index in [0.29, 0.717) is 10.8 Å². The van der Waals surface area contributed by atoms with E-state index in [0.717, 1.165) is 0 Å². The molecule has 0 bridgehead atoms. The summed E-state index contributed by atoms with van der Waals surface area (Å²) in [5.74, 6) is 0.201. The van der Waals surface area contributed by atoms with Crippen molar-refractivity contribution < 1.29 is 23.4 Å². The molecule has 0 saturated heterocycles. The van der Waals surface area contributed by atoms with E-state index in [1.807, 2.05) is 0 Å². The second-order valence-corrected chi connectivity index (χ2v) is 4.97. The van der Waals surface area contributed by atoms with Crippen LogP contribution in [0.3, 0.4) is 0 Å². The Morgan fingerprint density at radius 2 is 1.83 bits per heavy atom. The van der Waals surface area contributed by atoms with Crippen molar-refractivity contribution in [2.45, 2.75) is 0 Å². The standard InChI is InChI=1S/C10H6NO6P/c12-11(13)7-4-5-9-10-6(7)2-1-3-8(10)16-18(14,15)17-9/h1-5H,(H,14,15). The maximum Gasteiger partial charge on any atom is 0.584 e. The number of non-ortho nitro benzene ring substituents is 1. The van der Waals surface area contributed by atoms with Crippen LogP contribution in [-0.4, -0.2) is 9.82 Å². The van der Waals surface area contributed by atoms with E-state index in [1.165, 1.54) is 30.3 Å². The van der Waals surface area contributed by atoms with Crippen molar-refractivity contribution >= 4 is 24.3 Å². The highest BCUT2D eigenvalue weighted by Crippen LogP contribution is 2.54. The molecular formula is C10H6NO6P. The highest BCUT2D eigenvalue weighted by Gasteiger charge is 2.33. The molecule has 1 aliphatic heterocycles. The predicted octanol–water partition coefficient (Wildman–Crippen LogP) is 2.62. The maximum absolute atomic E-state index is 11.4. The van der Waals surface area contributed by atoms with Crippen molar-refractivity contribution in [3.05, 3.63) is 40.4 Å². The topological polar surface area (TPSA) is 98.9 Å². The molecule has 0 saturated carbocycles. The van der Waals surface area contributed by atoms with Crippen LogP contribution in [-0.2, 0) is 4.57 Å². The first kappa shape index (κ1) is 11.0. The average molecular weight is 267 g/mol. The van der Waals surface area contributed by atoms with Gasteiger partial charge >= 0.3 is 7.82 Å². The largest absolute Gasteiger partial charge is 0.584 e. The number of hydrogen-bond donors (Lipinski definition) is 1. The van der Waals surface area contributed by atoms with Crippen LogP contribution in [0.4, 0.5) is 5.69 Å². The molecule has 0 fully saturated rings. The molecule has 0 amide bonds. The third-order valence-corrected chi connectivity index (χ3v) is 3.42. The van der Waals surface area contributed by atoms with Crippen molar-refractivity contribution in [1.82, 2.24) is 0 Å². The van der Waals surface area contributed by atoms with Crippen molar-refractivity contribution in [2.24, 2.45) is 0 Å². The normalized spacial score (nSPS) is 21.2. The minimum atomic E-state index is -4.19. The van der Waals surface area contributed by atoms with Gasteiger partial charge in [-0.3, -0.25) is 15.0 Å². The summed E-state index contributed by atoms with van der Waals surface area (Å²) in [7, 11) is -4.19. The molecule has 2 aromatic rings. The summed E-state index contributed by atoms with van der Waals surface area (Å²) in [5.41, 5.74) is -0.113. The summed E-state index contributed by atoms with van der Waals surface area (Å²) in [5, 5.41) is 11.5. The number of nitrogens with zero attached hydrogens (tertiary/aromatic N) is 1. The Morgan fingerprint density at radius 3 is 2.50 bits per heavy atom. The third kappa shape index (κ3) is 1.53. The maximum atomic E-state index is 11.4. The number of nitro benzene ring substituents is 1. The Labute approximate surface area is 100 Å². The third-order valence-electron chi connectivity index (χ3n) is 2.57. The van der Waals surface area contributed by atoms with Crippen molar-refractivity contribution in [3.8, 4) is 11.5 Å². The van der Waals surface area contributed by atoms with Crippen molar-refractivity contribution in [2.75, 3.05) is 0 Å². The molecule has 0 aliphatic carbocycles. The molecule has 1 heterocycles. The molecule has 1 aliphatic rings. The van der Waals surface area contributed by atoms with Crippen LogP contribution in [0.15, 0.2) is 30.3 Å². The molecule has 0 radical (unpaired) electrons. The molecule has 1 unspecified atom stereocenters. The van der Waals surface area contributed by atoms with Gasteiger partial charge in [-0.25, -0.2) is 4.57 Å². The molecule has 18 heavy (non-hydrogen) atoms. The van der Waals surface area contributed by atoms with Gasteiger partial charge in [-0.05, 0) is 18.2 Å². The van der Waals surface area contributed by atoms with Crippen LogP contribution in [0.5, 0.6) is 11.5 Å². The lowest BCUT2D eigenvalue weighted by Gasteiger charge is -2.21. The van der Waals surface area contributed by atoms with E-state index < -0.39 is 12.7 Å². The van der Waals surface area contributed by atoms with Gasteiger partial charge in [-0.2, -0.15) is 0 Å². The molecule has 2 aromatic carbocycles. The SMILES string of the molecule is O=[N+]([O-])c1ccc2c3c(cccc13)OP(=O)(O)O2. The van der Waals surface area contributed by atoms with Crippen molar-refractivity contribution in [1.29, 1.82) is 0 Å². The van der Waals surface area contributed by atoms with Gasteiger partial charge in [-0.1, -0.05) is 6.07 Å². The summed E-state index contributed by atoms with van der Waals surface area (Å²) in [6.45, 7) is 0. The second-order valence-electron chi connectivity index (χ2n) is 3.67. The van der Waals surface area contributed by atoms with Gasteiger partial charge in [0.2, 0.25) is 0 Å². The first-order chi connectivity index (χ1) is 8.48. The van der Waals surface area contributed by atoms with Crippen LogP contribution < -0.4 is 9.05 Å². The van der Waals surface area contributed by atoms with Gasteiger partial charge in [0, 0.05) is 6.07 Å². The quantitative estimate of drug-likeness (QED) is 0.484. The fourth-order valence-electron chi connectivity index (χ4n) is 1.91. The van der Waals surface area contributed by atoms with Crippen LogP contribution >= 0.6 is 7.82 Å². The number of rotatable bonds is 1. The number of nitro groups is 1. The van der Waals surface area contributed by atoms with E-state index >= 15 is 0 Å². The Balaban J connectivity index is 2.40. The first-order valence-corrected chi connectivity index (χ1v) is 6.39. The van der Waals surface area contributed by atoms with Gasteiger partial charge in [0.25, 0.3) is 5.69 Å². The summed E-state index contributed by atoms with van der Waals surface area (Å²) < 4.78 is 21.0. The Morgan fingerprint density at radius 1 is 1.17 bits per heavy atom. The van der Waals surface area contributed by atoms with Crippen LogP contribution in [0.25, 0.3) is 10.8 Å². The molecule has 0 spiro atoms. The molecule has 1 N–H and O–H groups in total. The first-order valence-electron chi connectivity index (χ1n) is 4.90. The Bertz CT molecular complexity index is 711. The van der Waals surface area contributed by atoms with Crippen molar-refractivity contribution in [3.63, 3.8) is 0 Å². The zero-order chi connectivity index (χ0) is 12.9.